The predicted molar refractivity (Wildman–Crippen MR) is 162 cm³/mol. The van der Waals surface area contributed by atoms with Crippen molar-refractivity contribution in [2.75, 3.05) is 26.7 Å². The lowest BCUT2D eigenvalue weighted by Gasteiger charge is -2.22. The SMILES string of the molecule is COc1cc(-c2ccc(OS(C)(=O)=O)cc2)c(OC)c(OS(C)(=O)=O)c1-c1ccc(OCc2ccc(C)cc2)c(C(F)(F)F)c1. The lowest BCUT2D eigenvalue weighted by atomic mass is 9.95. The average Bonchev–Trinajstić information content (AvgIpc) is 2.94. The first-order valence-corrected chi connectivity index (χ1v) is 16.7. The minimum atomic E-state index is -4.84. The fraction of sp³-hybridized carbons (Fsp3) is 0.226. The number of benzene rings is 4. The summed E-state index contributed by atoms with van der Waals surface area (Å²) in [6, 6.07) is 17.5. The van der Waals surface area contributed by atoms with Crippen LogP contribution in [0.2, 0.25) is 0 Å². The minimum Gasteiger partial charge on any atom is -0.496 e. The van der Waals surface area contributed by atoms with E-state index in [4.69, 9.17) is 22.6 Å². The maximum atomic E-state index is 14.3. The first-order valence-electron chi connectivity index (χ1n) is 13.1. The molecule has 0 amide bonds. The quantitative estimate of drug-likeness (QED) is 0.163. The summed E-state index contributed by atoms with van der Waals surface area (Å²) >= 11 is 0. The Bertz CT molecular complexity index is 1900. The summed E-state index contributed by atoms with van der Waals surface area (Å²) in [6.45, 7) is 1.76. The Balaban J connectivity index is 1.89. The van der Waals surface area contributed by atoms with Gasteiger partial charge in [0.2, 0.25) is 0 Å². The standard InChI is InChI=1S/C31H29F3O9S2/c1-19-6-8-20(9-7-19)18-41-26-15-12-22(16-25(26)31(32,33)34)28-27(39-2)17-24(29(40-3)30(28)43-45(5,37)38)21-10-13-23(14-11-21)42-44(4,35)36/h6-17H,18H2,1-5H3. The van der Waals surface area contributed by atoms with Crippen LogP contribution in [0.3, 0.4) is 0 Å². The van der Waals surface area contributed by atoms with Gasteiger partial charge in [-0.25, -0.2) is 0 Å². The number of alkyl halides is 3. The molecule has 0 N–H and O–H groups in total. The molecule has 0 heterocycles. The van der Waals surface area contributed by atoms with Gasteiger partial charge in [-0.15, -0.1) is 0 Å². The largest absolute Gasteiger partial charge is 0.496 e. The molecular formula is C31H29F3O9S2. The molecule has 0 saturated heterocycles. The smallest absolute Gasteiger partial charge is 0.419 e. The molecule has 4 rings (SSSR count). The molecule has 0 bridgehead atoms. The molecule has 45 heavy (non-hydrogen) atoms. The summed E-state index contributed by atoms with van der Waals surface area (Å²) in [6.07, 6.45) is -3.19. The Morgan fingerprint density at radius 3 is 1.82 bits per heavy atom. The molecule has 0 fully saturated rings. The molecule has 14 heteroatoms. The molecule has 9 nitrogen and oxygen atoms in total. The fourth-order valence-electron chi connectivity index (χ4n) is 4.44. The van der Waals surface area contributed by atoms with Gasteiger partial charge in [0.25, 0.3) is 0 Å². The van der Waals surface area contributed by atoms with Crippen molar-refractivity contribution in [3.8, 4) is 51.0 Å². The van der Waals surface area contributed by atoms with E-state index >= 15 is 0 Å². The third-order valence-corrected chi connectivity index (χ3v) is 7.32. The maximum Gasteiger partial charge on any atom is 0.419 e. The van der Waals surface area contributed by atoms with Crippen LogP contribution in [0.25, 0.3) is 22.3 Å². The highest BCUT2D eigenvalue weighted by molar-refractivity contribution is 7.86. The summed E-state index contributed by atoms with van der Waals surface area (Å²) in [7, 11) is -5.56. The lowest BCUT2D eigenvalue weighted by molar-refractivity contribution is -0.139. The first kappa shape index (κ1) is 33.5. The Morgan fingerprint density at radius 1 is 0.689 bits per heavy atom. The van der Waals surface area contributed by atoms with Gasteiger partial charge in [0.15, 0.2) is 11.5 Å². The molecule has 0 aliphatic carbocycles. The molecule has 4 aromatic carbocycles. The van der Waals surface area contributed by atoms with Crippen molar-refractivity contribution in [1.82, 2.24) is 0 Å². The summed E-state index contributed by atoms with van der Waals surface area (Å²) in [5.74, 6) is -1.02. The van der Waals surface area contributed by atoms with E-state index in [0.717, 1.165) is 30.2 Å². The van der Waals surface area contributed by atoms with Crippen LogP contribution in [-0.4, -0.2) is 43.6 Å². The number of aryl methyl sites for hydroxylation is 1. The highest BCUT2D eigenvalue weighted by Crippen LogP contribution is 2.52. The summed E-state index contributed by atoms with van der Waals surface area (Å²) in [5, 5.41) is 0. The third-order valence-electron chi connectivity index (χ3n) is 6.36. The molecular weight excluding hydrogens is 637 g/mol. The predicted octanol–water partition coefficient (Wildman–Crippen LogP) is 6.62. The van der Waals surface area contributed by atoms with Crippen molar-refractivity contribution in [2.45, 2.75) is 19.7 Å². The number of methoxy groups -OCH3 is 2. The third kappa shape index (κ3) is 8.39. The van der Waals surface area contributed by atoms with E-state index in [2.05, 4.69) is 0 Å². The second-order valence-electron chi connectivity index (χ2n) is 9.95. The number of hydrogen-bond acceptors (Lipinski definition) is 9. The first-order chi connectivity index (χ1) is 21.0. The van der Waals surface area contributed by atoms with Gasteiger partial charge in [-0.2, -0.15) is 30.0 Å². The number of hydrogen-bond donors (Lipinski definition) is 0. The molecule has 0 aliphatic rings. The van der Waals surface area contributed by atoms with E-state index in [-0.39, 0.29) is 40.5 Å². The van der Waals surface area contributed by atoms with Gasteiger partial charge >= 0.3 is 26.4 Å². The number of ether oxygens (including phenoxy) is 3. The Kier molecular flexibility index (Phi) is 9.59. The zero-order chi connectivity index (χ0) is 33.2. The van der Waals surface area contributed by atoms with Gasteiger partial charge in [-0.3, -0.25) is 0 Å². The number of halogens is 3. The highest BCUT2D eigenvalue weighted by Gasteiger charge is 2.36. The normalized spacial score (nSPS) is 12.0. The van der Waals surface area contributed by atoms with Crippen LogP contribution >= 0.6 is 0 Å². The molecule has 240 valence electrons. The Morgan fingerprint density at radius 2 is 1.29 bits per heavy atom. The summed E-state index contributed by atoms with van der Waals surface area (Å²) < 4.78 is 118. The van der Waals surface area contributed by atoms with E-state index < -0.39 is 43.5 Å². The van der Waals surface area contributed by atoms with Gasteiger partial charge < -0.3 is 22.6 Å². The van der Waals surface area contributed by atoms with Crippen LogP contribution in [0.1, 0.15) is 16.7 Å². The molecule has 0 unspecified atom stereocenters. The van der Waals surface area contributed by atoms with Crippen LogP contribution < -0.4 is 22.6 Å². The van der Waals surface area contributed by atoms with E-state index in [1.807, 2.05) is 19.1 Å². The fourth-order valence-corrected chi connectivity index (χ4v) is 5.36. The molecule has 0 atom stereocenters. The van der Waals surface area contributed by atoms with E-state index in [0.29, 0.717) is 11.1 Å². The van der Waals surface area contributed by atoms with E-state index in [9.17, 15) is 30.0 Å². The van der Waals surface area contributed by atoms with Crippen molar-refractivity contribution < 1.29 is 52.6 Å². The van der Waals surface area contributed by atoms with Crippen LogP contribution in [0, 0.1) is 6.92 Å². The minimum absolute atomic E-state index is 0.0146. The molecule has 0 spiro atoms. The molecule has 0 aliphatic heterocycles. The summed E-state index contributed by atoms with van der Waals surface area (Å²) in [4.78, 5) is 0. The van der Waals surface area contributed by atoms with Crippen molar-refractivity contribution >= 4 is 20.2 Å². The maximum absolute atomic E-state index is 14.3. The van der Waals surface area contributed by atoms with Gasteiger partial charge in [-0.05, 0) is 53.9 Å². The Labute approximate surface area is 259 Å². The topological polar surface area (TPSA) is 114 Å². The average molecular weight is 667 g/mol. The zero-order valence-electron chi connectivity index (χ0n) is 24.8. The van der Waals surface area contributed by atoms with Gasteiger partial charge in [-0.1, -0.05) is 48.0 Å². The van der Waals surface area contributed by atoms with Crippen molar-refractivity contribution in [1.29, 1.82) is 0 Å². The molecule has 0 aromatic heterocycles. The number of rotatable bonds is 11. The van der Waals surface area contributed by atoms with Gasteiger partial charge in [0, 0.05) is 5.56 Å². The monoisotopic (exact) mass is 666 g/mol. The van der Waals surface area contributed by atoms with Crippen molar-refractivity contribution in [3.63, 3.8) is 0 Å². The van der Waals surface area contributed by atoms with Gasteiger partial charge in [0.05, 0.1) is 37.9 Å². The van der Waals surface area contributed by atoms with Crippen molar-refractivity contribution in [3.05, 3.63) is 89.5 Å². The Hall–Kier alpha value is -4.43. The van der Waals surface area contributed by atoms with Crippen LogP contribution in [0.5, 0.6) is 28.7 Å². The molecule has 4 aromatic rings. The highest BCUT2D eigenvalue weighted by atomic mass is 32.2. The van der Waals surface area contributed by atoms with Crippen LogP contribution in [-0.2, 0) is 33.0 Å². The van der Waals surface area contributed by atoms with Crippen LogP contribution in [0.4, 0.5) is 13.2 Å². The van der Waals surface area contributed by atoms with E-state index in [1.54, 1.807) is 12.1 Å². The lowest BCUT2D eigenvalue weighted by Crippen LogP contribution is -2.11. The molecule has 0 radical (unpaired) electrons. The second kappa shape index (κ2) is 12.9. The summed E-state index contributed by atoms with van der Waals surface area (Å²) in [5.41, 5.74) is 0.949. The van der Waals surface area contributed by atoms with Crippen LogP contribution in [0.15, 0.2) is 72.8 Å². The van der Waals surface area contributed by atoms with Crippen molar-refractivity contribution in [2.24, 2.45) is 0 Å². The zero-order valence-corrected chi connectivity index (χ0v) is 26.4. The van der Waals surface area contributed by atoms with Gasteiger partial charge in [0.1, 0.15) is 23.9 Å². The van der Waals surface area contributed by atoms with E-state index in [1.165, 1.54) is 50.6 Å². The molecule has 0 saturated carbocycles. The second-order valence-corrected chi connectivity index (χ2v) is 13.1.